The summed E-state index contributed by atoms with van der Waals surface area (Å²) in [5, 5.41) is 0. The number of benzene rings is 1. The predicted octanol–water partition coefficient (Wildman–Crippen LogP) is 2.59. The summed E-state index contributed by atoms with van der Waals surface area (Å²) >= 11 is 1.71. The molecular formula is C15H21NO2S. The molecule has 2 rings (SSSR count). The number of nitrogens with two attached hydrogens (primary N) is 1. The number of rotatable bonds is 7. The van der Waals surface area contributed by atoms with Gasteiger partial charge in [-0.15, -0.1) is 0 Å². The second-order valence-corrected chi connectivity index (χ2v) is 6.00. The van der Waals surface area contributed by atoms with E-state index in [2.05, 4.69) is 12.1 Å². The lowest BCUT2D eigenvalue weighted by Gasteiger charge is -2.26. The van der Waals surface area contributed by atoms with E-state index >= 15 is 0 Å². The summed E-state index contributed by atoms with van der Waals surface area (Å²) in [7, 11) is 0. The molecule has 3 nitrogen and oxygen atoms in total. The summed E-state index contributed by atoms with van der Waals surface area (Å²) in [6.07, 6.45) is 2.09. The molecule has 4 heteroatoms. The highest BCUT2D eigenvalue weighted by Gasteiger charge is 2.48. The van der Waals surface area contributed by atoms with Crippen molar-refractivity contribution in [1.82, 2.24) is 0 Å². The first-order valence-corrected chi connectivity index (χ1v) is 7.90. The van der Waals surface area contributed by atoms with Crippen molar-refractivity contribution in [1.29, 1.82) is 0 Å². The van der Waals surface area contributed by atoms with Crippen molar-refractivity contribution in [3.05, 3.63) is 35.9 Å². The number of ether oxygens (including phenoxy) is 1. The monoisotopic (exact) mass is 279 g/mol. The SMILES string of the molecule is CCOC(=O)C(N)(CSCc1ccccc1)C1CC1. The van der Waals surface area contributed by atoms with Crippen LogP contribution in [0.25, 0.3) is 0 Å². The Morgan fingerprint density at radius 3 is 2.68 bits per heavy atom. The van der Waals surface area contributed by atoms with Crippen LogP contribution in [0.4, 0.5) is 0 Å². The number of esters is 1. The van der Waals surface area contributed by atoms with Crippen molar-refractivity contribution in [3.8, 4) is 0 Å². The maximum atomic E-state index is 12.0. The Labute approximate surface area is 118 Å². The maximum Gasteiger partial charge on any atom is 0.327 e. The molecule has 104 valence electrons. The zero-order chi connectivity index (χ0) is 13.7. The third-order valence-electron chi connectivity index (χ3n) is 3.41. The van der Waals surface area contributed by atoms with Gasteiger partial charge in [0, 0.05) is 11.5 Å². The number of thioether (sulfide) groups is 1. The minimum atomic E-state index is -0.796. The van der Waals surface area contributed by atoms with Gasteiger partial charge >= 0.3 is 5.97 Å². The Bertz CT molecular complexity index is 419. The van der Waals surface area contributed by atoms with Gasteiger partial charge < -0.3 is 10.5 Å². The average molecular weight is 279 g/mol. The Hall–Kier alpha value is -1.00. The van der Waals surface area contributed by atoms with Crippen LogP contribution in [0.1, 0.15) is 25.3 Å². The van der Waals surface area contributed by atoms with Crippen molar-refractivity contribution in [2.24, 2.45) is 11.7 Å². The molecular weight excluding hydrogens is 258 g/mol. The van der Waals surface area contributed by atoms with Crippen molar-refractivity contribution >= 4 is 17.7 Å². The van der Waals surface area contributed by atoms with Crippen molar-refractivity contribution in [2.75, 3.05) is 12.4 Å². The second kappa shape index (κ2) is 6.44. The van der Waals surface area contributed by atoms with Gasteiger partial charge in [-0.25, -0.2) is 0 Å². The zero-order valence-electron chi connectivity index (χ0n) is 11.3. The lowest BCUT2D eigenvalue weighted by atomic mass is 9.97. The summed E-state index contributed by atoms with van der Waals surface area (Å²) in [5.74, 6) is 1.57. The quantitative estimate of drug-likeness (QED) is 0.779. The number of hydrogen-bond donors (Lipinski definition) is 1. The first-order chi connectivity index (χ1) is 9.16. The van der Waals surface area contributed by atoms with Crippen LogP contribution in [-0.2, 0) is 15.3 Å². The van der Waals surface area contributed by atoms with Gasteiger partial charge in [-0.2, -0.15) is 11.8 Å². The van der Waals surface area contributed by atoms with Crippen LogP contribution in [0, 0.1) is 5.92 Å². The molecule has 0 heterocycles. The lowest BCUT2D eigenvalue weighted by Crippen LogP contribution is -2.53. The first kappa shape index (κ1) is 14.4. The van der Waals surface area contributed by atoms with Crippen LogP contribution in [0.3, 0.4) is 0 Å². The molecule has 0 bridgehead atoms. The third kappa shape index (κ3) is 3.74. The molecule has 1 aromatic carbocycles. The molecule has 1 aliphatic rings. The summed E-state index contributed by atoms with van der Waals surface area (Å²) in [6, 6.07) is 10.2. The molecule has 0 saturated heterocycles. The fourth-order valence-electron chi connectivity index (χ4n) is 2.12. The van der Waals surface area contributed by atoms with Crippen LogP contribution in [0.15, 0.2) is 30.3 Å². The lowest BCUT2D eigenvalue weighted by molar-refractivity contribution is -0.149. The number of hydrogen-bond acceptors (Lipinski definition) is 4. The molecule has 0 amide bonds. The van der Waals surface area contributed by atoms with Gasteiger partial charge in [-0.3, -0.25) is 4.79 Å². The van der Waals surface area contributed by atoms with Gasteiger partial charge in [0.05, 0.1) is 6.61 Å². The molecule has 1 atom stereocenters. The molecule has 0 aliphatic heterocycles. The minimum absolute atomic E-state index is 0.238. The summed E-state index contributed by atoms with van der Waals surface area (Å²) in [6.45, 7) is 2.22. The molecule has 1 aliphatic carbocycles. The fraction of sp³-hybridized carbons (Fsp3) is 0.533. The average Bonchev–Trinajstić information content (AvgIpc) is 3.24. The van der Waals surface area contributed by atoms with Gasteiger partial charge in [0.2, 0.25) is 0 Å². The first-order valence-electron chi connectivity index (χ1n) is 6.74. The van der Waals surface area contributed by atoms with Crippen LogP contribution >= 0.6 is 11.8 Å². The van der Waals surface area contributed by atoms with E-state index in [0.717, 1.165) is 18.6 Å². The van der Waals surface area contributed by atoms with Gasteiger partial charge in [0.1, 0.15) is 5.54 Å². The highest BCUT2D eigenvalue weighted by Crippen LogP contribution is 2.41. The van der Waals surface area contributed by atoms with Crippen molar-refractivity contribution < 1.29 is 9.53 Å². The van der Waals surface area contributed by atoms with Crippen molar-refractivity contribution in [2.45, 2.75) is 31.1 Å². The van der Waals surface area contributed by atoms with Gasteiger partial charge in [0.25, 0.3) is 0 Å². The van der Waals surface area contributed by atoms with Gasteiger partial charge in [-0.05, 0) is 31.2 Å². The van der Waals surface area contributed by atoms with Crippen molar-refractivity contribution in [3.63, 3.8) is 0 Å². The molecule has 2 N–H and O–H groups in total. The van der Waals surface area contributed by atoms with Crippen LogP contribution in [0.2, 0.25) is 0 Å². The molecule has 1 unspecified atom stereocenters. The van der Waals surface area contributed by atoms with Crippen LogP contribution in [-0.4, -0.2) is 23.9 Å². The maximum absolute atomic E-state index is 12.0. The van der Waals surface area contributed by atoms with Gasteiger partial charge in [-0.1, -0.05) is 30.3 Å². The standard InChI is InChI=1S/C15H21NO2S/c1-2-18-14(17)15(16,13-8-9-13)11-19-10-12-6-4-3-5-7-12/h3-7,13H,2,8-11,16H2,1H3. The van der Waals surface area contributed by atoms with E-state index in [0.29, 0.717) is 18.3 Å². The summed E-state index contributed by atoms with van der Waals surface area (Å²) < 4.78 is 5.13. The fourth-order valence-corrected chi connectivity index (χ4v) is 3.34. The Kier molecular flexibility index (Phi) is 4.88. The molecule has 19 heavy (non-hydrogen) atoms. The normalized spacial score (nSPS) is 17.8. The van der Waals surface area contributed by atoms with E-state index < -0.39 is 5.54 Å². The third-order valence-corrected chi connectivity index (χ3v) is 4.63. The number of carbonyl (C=O) groups is 1. The Morgan fingerprint density at radius 2 is 2.11 bits per heavy atom. The minimum Gasteiger partial charge on any atom is -0.465 e. The second-order valence-electron chi connectivity index (χ2n) is 5.01. The Balaban J connectivity index is 1.89. The van der Waals surface area contributed by atoms with E-state index in [1.807, 2.05) is 25.1 Å². The van der Waals surface area contributed by atoms with Crippen LogP contribution < -0.4 is 5.73 Å². The smallest absolute Gasteiger partial charge is 0.327 e. The zero-order valence-corrected chi connectivity index (χ0v) is 12.1. The number of carbonyl (C=O) groups excluding carboxylic acids is 1. The highest BCUT2D eigenvalue weighted by molar-refractivity contribution is 7.98. The van der Waals surface area contributed by atoms with E-state index in [1.165, 1.54) is 5.56 Å². The Morgan fingerprint density at radius 1 is 1.42 bits per heavy atom. The summed E-state index contributed by atoms with van der Waals surface area (Å²) in [4.78, 5) is 12.0. The molecule has 0 aromatic heterocycles. The molecule has 1 saturated carbocycles. The molecule has 1 fully saturated rings. The summed E-state index contributed by atoms with van der Waals surface area (Å²) in [5.41, 5.74) is 6.76. The molecule has 0 spiro atoms. The topological polar surface area (TPSA) is 52.3 Å². The van der Waals surface area contributed by atoms with E-state index in [4.69, 9.17) is 10.5 Å². The van der Waals surface area contributed by atoms with E-state index in [9.17, 15) is 4.79 Å². The van der Waals surface area contributed by atoms with Crippen LogP contribution in [0.5, 0.6) is 0 Å². The molecule has 1 aromatic rings. The molecule has 0 radical (unpaired) electrons. The predicted molar refractivity (Wildman–Crippen MR) is 78.9 cm³/mol. The van der Waals surface area contributed by atoms with E-state index in [-0.39, 0.29) is 5.97 Å². The highest BCUT2D eigenvalue weighted by atomic mass is 32.2. The van der Waals surface area contributed by atoms with Gasteiger partial charge in [0.15, 0.2) is 0 Å². The van der Waals surface area contributed by atoms with E-state index in [1.54, 1.807) is 11.8 Å². The largest absolute Gasteiger partial charge is 0.465 e.